The molecule has 0 saturated carbocycles. The fraction of sp³-hybridized carbons (Fsp3) is 0.769. The Bertz CT molecular complexity index is 379. The van der Waals surface area contributed by atoms with Gasteiger partial charge in [0, 0.05) is 6.54 Å². The van der Waals surface area contributed by atoms with Gasteiger partial charge in [-0.2, -0.15) is 0 Å². The molecule has 0 bridgehead atoms. The van der Waals surface area contributed by atoms with Crippen LogP contribution in [0.15, 0.2) is 0 Å². The summed E-state index contributed by atoms with van der Waals surface area (Å²) in [6, 6.07) is 0. The maximum absolute atomic E-state index is 11.4. The number of carbonyl (C=O) groups is 3. The average molecular weight is 321 g/mol. The van der Waals surface area contributed by atoms with Crippen molar-refractivity contribution in [2.75, 3.05) is 13.1 Å². The minimum Gasteiger partial charge on any atom is -0.479 e. The molecule has 22 heavy (non-hydrogen) atoms. The van der Waals surface area contributed by atoms with Gasteiger partial charge in [0.2, 0.25) is 0 Å². The summed E-state index contributed by atoms with van der Waals surface area (Å²) in [5, 5.41) is 35.7. The molecule has 9 heteroatoms. The summed E-state index contributed by atoms with van der Waals surface area (Å²) in [5.41, 5.74) is -0.348. The molecule has 0 aromatic rings. The molecule has 1 aliphatic rings. The lowest BCUT2D eigenvalue weighted by atomic mass is 10.1. The van der Waals surface area contributed by atoms with E-state index in [1.54, 1.807) is 0 Å². The van der Waals surface area contributed by atoms with Crippen molar-refractivity contribution in [1.29, 1.82) is 0 Å². The van der Waals surface area contributed by atoms with Gasteiger partial charge in [0.15, 0.2) is 12.2 Å². The monoisotopic (exact) mass is 321 g/mol. The van der Waals surface area contributed by atoms with Gasteiger partial charge in [0.1, 0.15) is 5.60 Å². The second-order valence-electron chi connectivity index (χ2n) is 5.79. The number of carboxylic acids is 2. The maximum Gasteiger partial charge on any atom is 0.335 e. The number of aliphatic hydroxyl groups excluding tert-OH is 2. The molecule has 0 unspecified atom stereocenters. The summed E-state index contributed by atoms with van der Waals surface area (Å²) < 4.78 is 5.24. The van der Waals surface area contributed by atoms with E-state index in [-0.39, 0.29) is 17.5 Å². The third-order valence-corrected chi connectivity index (χ3v) is 2.61. The van der Waals surface area contributed by atoms with Gasteiger partial charge in [0.05, 0.1) is 5.92 Å². The Morgan fingerprint density at radius 2 is 1.55 bits per heavy atom. The molecule has 1 fully saturated rings. The van der Waals surface area contributed by atoms with Crippen LogP contribution in [0.4, 0.5) is 0 Å². The molecule has 5 N–H and O–H groups in total. The van der Waals surface area contributed by atoms with Crippen LogP contribution in [0, 0.1) is 5.92 Å². The van der Waals surface area contributed by atoms with Crippen LogP contribution in [-0.2, 0) is 19.1 Å². The molecule has 128 valence electrons. The van der Waals surface area contributed by atoms with Crippen molar-refractivity contribution in [1.82, 2.24) is 5.32 Å². The topological polar surface area (TPSA) is 153 Å². The standard InChI is InChI=1S/C9H17NO2.C4H6O6/c1-9(2,3)12-8(11)7-4-5-10-6-7;5-1(3(7)8)2(6)4(9)10/h7,10H,4-6H2,1-3H3;1-2,5-6H,(H,7,8)(H,9,10)/t7-;1-,2-/m11/s1. The van der Waals surface area contributed by atoms with Crippen molar-refractivity contribution in [2.45, 2.75) is 45.0 Å². The number of esters is 1. The largest absolute Gasteiger partial charge is 0.479 e. The number of aliphatic hydroxyl groups is 2. The van der Waals surface area contributed by atoms with Crippen LogP contribution in [-0.4, -0.2) is 69.2 Å². The lowest BCUT2D eigenvalue weighted by Crippen LogP contribution is -2.39. The molecule has 0 radical (unpaired) electrons. The van der Waals surface area contributed by atoms with Gasteiger partial charge in [-0.1, -0.05) is 0 Å². The molecule has 9 nitrogen and oxygen atoms in total. The van der Waals surface area contributed by atoms with Crippen LogP contribution in [0.1, 0.15) is 27.2 Å². The van der Waals surface area contributed by atoms with Crippen LogP contribution in [0.25, 0.3) is 0 Å². The first kappa shape index (κ1) is 20.3. The van der Waals surface area contributed by atoms with Gasteiger partial charge in [-0.25, -0.2) is 9.59 Å². The number of nitrogens with one attached hydrogen (secondary N) is 1. The highest BCUT2D eigenvalue weighted by molar-refractivity contribution is 5.83. The van der Waals surface area contributed by atoms with E-state index in [1.807, 2.05) is 20.8 Å². The fourth-order valence-electron chi connectivity index (χ4n) is 1.51. The lowest BCUT2D eigenvalue weighted by molar-refractivity contribution is -0.165. The predicted molar refractivity (Wildman–Crippen MR) is 74.1 cm³/mol. The zero-order valence-corrected chi connectivity index (χ0v) is 12.8. The molecule has 0 aromatic heterocycles. The maximum atomic E-state index is 11.4. The van der Waals surface area contributed by atoms with Crippen LogP contribution in [0.5, 0.6) is 0 Å². The molecule has 1 aliphatic heterocycles. The Morgan fingerprint density at radius 3 is 1.82 bits per heavy atom. The summed E-state index contributed by atoms with van der Waals surface area (Å²) in [4.78, 5) is 30.9. The normalized spacial score (nSPS) is 20.3. The Hall–Kier alpha value is -1.71. The van der Waals surface area contributed by atoms with Crippen molar-refractivity contribution < 1.29 is 39.5 Å². The second kappa shape index (κ2) is 8.66. The Balaban J connectivity index is 0.000000409. The van der Waals surface area contributed by atoms with E-state index in [0.29, 0.717) is 0 Å². The van der Waals surface area contributed by atoms with Crippen LogP contribution in [0.2, 0.25) is 0 Å². The van der Waals surface area contributed by atoms with Crippen molar-refractivity contribution in [3.63, 3.8) is 0 Å². The van der Waals surface area contributed by atoms with Gasteiger partial charge in [0.25, 0.3) is 0 Å². The number of ether oxygens (including phenoxy) is 1. The first-order valence-corrected chi connectivity index (χ1v) is 6.71. The third kappa shape index (κ3) is 7.91. The fourth-order valence-corrected chi connectivity index (χ4v) is 1.51. The number of hydrogen-bond acceptors (Lipinski definition) is 7. The molecule has 1 saturated heterocycles. The minimum atomic E-state index is -2.27. The number of rotatable bonds is 4. The predicted octanol–water partition coefficient (Wildman–Crippen LogP) is -1.18. The molecular formula is C13H23NO8. The van der Waals surface area contributed by atoms with Gasteiger partial charge < -0.3 is 30.5 Å². The van der Waals surface area contributed by atoms with Crippen molar-refractivity contribution >= 4 is 17.9 Å². The first-order chi connectivity index (χ1) is 9.95. The van der Waals surface area contributed by atoms with E-state index >= 15 is 0 Å². The quantitative estimate of drug-likeness (QED) is 0.402. The molecule has 3 atom stereocenters. The molecule has 0 spiro atoms. The Kier molecular flexibility index (Phi) is 7.99. The SMILES string of the molecule is CC(C)(C)OC(=O)[C@@H]1CCNC1.O=C(O)[C@H](O)[C@@H](O)C(=O)O. The number of hydrogen-bond donors (Lipinski definition) is 5. The zero-order valence-electron chi connectivity index (χ0n) is 12.8. The van der Waals surface area contributed by atoms with Gasteiger partial charge in [-0.3, -0.25) is 4.79 Å². The first-order valence-electron chi connectivity index (χ1n) is 6.71. The zero-order chi connectivity index (χ0) is 17.5. The van der Waals surface area contributed by atoms with E-state index in [1.165, 1.54) is 0 Å². The summed E-state index contributed by atoms with van der Waals surface area (Å²) in [6.45, 7) is 7.40. The second-order valence-corrected chi connectivity index (χ2v) is 5.79. The lowest BCUT2D eigenvalue weighted by Gasteiger charge is -2.21. The van der Waals surface area contributed by atoms with E-state index in [2.05, 4.69) is 5.32 Å². The third-order valence-electron chi connectivity index (χ3n) is 2.61. The van der Waals surface area contributed by atoms with Gasteiger partial charge in [-0.05, 0) is 33.7 Å². The summed E-state index contributed by atoms with van der Waals surface area (Å²) in [6.07, 6.45) is -3.62. The van der Waals surface area contributed by atoms with Crippen LogP contribution in [0.3, 0.4) is 0 Å². The molecule has 0 amide bonds. The van der Waals surface area contributed by atoms with E-state index in [9.17, 15) is 14.4 Å². The van der Waals surface area contributed by atoms with Gasteiger partial charge >= 0.3 is 17.9 Å². The summed E-state index contributed by atoms with van der Waals surface area (Å²) >= 11 is 0. The number of carboxylic acid groups (broad SMARTS) is 2. The molecule has 1 rings (SSSR count). The molecule has 1 heterocycles. The van der Waals surface area contributed by atoms with E-state index < -0.39 is 24.1 Å². The van der Waals surface area contributed by atoms with E-state index in [4.69, 9.17) is 25.2 Å². The van der Waals surface area contributed by atoms with Gasteiger partial charge in [-0.15, -0.1) is 0 Å². The highest BCUT2D eigenvalue weighted by Gasteiger charge is 2.29. The molecule has 0 aliphatic carbocycles. The van der Waals surface area contributed by atoms with Crippen LogP contribution < -0.4 is 5.32 Å². The highest BCUT2D eigenvalue weighted by atomic mass is 16.6. The molecule has 0 aromatic carbocycles. The van der Waals surface area contributed by atoms with Crippen LogP contribution >= 0.6 is 0 Å². The number of aliphatic carboxylic acids is 2. The Morgan fingerprint density at radius 1 is 1.09 bits per heavy atom. The Labute approximate surface area is 127 Å². The molecular weight excluding hydrogens is 298 g/mol. The smallest absolute Gasteiger partial charge is 0.335 e. The van der Waals surface area contributed by atoms with Crippen molar-refractivity contribution in [3.05, 3.63) is 0 Å². The number of carbonyl (C=O) groups excluding carboxylic acids is 1. The minimum absolute atomic E-state index is 0.0625. The van der Waals surface area contributed by atoms with Crippen molar-refractivity contribution in [2.24, 2.45) is 5.92 Å². The summed E-state index contributed by atoms with van der Waals surface area (Å²) in [7, 11) is 0. The highest BCUT2D eigenvalue weighted by Crippen LogP contribution is 2.15. The summed E-state index contributed by atoms with van der Waals surface area (Å²) in [5.74, 6) is -3.53. The average Bonchev–Trinajstić information content (AvgIpc) is 2.89. The van der Waals surface area contributed by atoms with Crippen molar-refractivity contribution in [3.8, 4) is 0 Å². The van der Waals surface area contributed by atoms with E-state index in [0.717, 1.165) is 19.5 Å².